The standard InChI is InChI=1S/C18H20FN7O/c1-12-9-13(2)26(25-12)17-10-16(22-11-23-17)20-7-8-21-18(27)24-15-5-3-14(19)4-6-15/h3-6,9-11H,7-8H2,1-2H3,(H,20,22,23)(H2,21,24,27). The van der Waals surface area contributed by atoms with Gasteiger partial charge in [-0.3, -0.25) is 0 Å². The lowest BCUT2D eigenvalue weighted by molar-refractivity contribution is 0.252. The number of nitrogens with zero attached hydrogens (tertiary/aromatic N) is 4. The third-order valence-electron chi connectivity index (χ3n) is 3.70. The number of anilines is 2. The Morgan fingerprint density at radius 2 is 1.89 bits per heavy atom. The number of benzene rings is 1. The van der Waals surface area contributed by atoms with Crippen molar-refractivity contribution in [2.75, 3.05) is 23.7 Å². The number of carbonyl (C=O) groups excluding carboxylic acids is 1. The molecule has 2 amide bonds. The van der Waals surface area contributed by atoms with Crippen LogP contribution in [-0.4, -0.2) is 38.9 Å². The summed E-state index contributed by atoms with van der Waals surface area (Å²) in [6, 6.07) is 8.95. The molecule has 1 aromatic carbocycles. The normalized spacial score (nSPS) is 10.5. The smallest absolute Gasteiger partial charge is 0.319 e. The van der Waals surface area contributed by atoms with Crippen LogP contribution in [0.15, 0.2) is 42.7 Å². The molecule has 0 unspecified atom stereocenters. The van der Waals surface area contributed by atoms with Gasteiger partial charge in [-0.15, -0.1) is 0 Å². The predicted octanol–water partition coefficient (Wildman–Crippen LogP) is 2.65. The molecule has 2 aromatic heterocycles. The molecule has 0 spiro atoms. The van der Waals surface area contributed by atoms with Gasteiger partial charge in [-0.25, -0.2) is 23.8 Å². The number of hydrogen-bond donors (Lipinski definition) is 3. The summed E-state index contributed by atoms with van der Waals surface area (Å²) in [6.07, 6.45) is 1.46. The SMILES string of the molecule is Cc1cc(C)n(-c2cc(NCCNC(=O)Nc3ccc(F)cc3)ncn2)n1. The summed E-state index contributed by atoms with van der Waals surface area (Å²) in [5, 5.41) is 12.9. The van der Waals surface area contributed by atoms with Crippen LogP contribution in [0.5, 0.6) is 0 Å². The van der Waals surface area contributed by atoms with Crippen LogP contribution in [0.4, 0.5) is 20.7 Å². The highest BCUT2D eigenvalue weighted by Crippen LogP contribution is 2.12. The lowest BCUT2D eigenvalue weighted by Crippen LogP contribution is -2.32. The molecule has 0 aliphatic rings. The number of carbonyl (C=O) groups is 1. The molecule has 27 heavy (non-hydrogen) atoms. The van der Waals surface area contributed by atoms with Crippen molar-refractivity contribution in [3.8, 4) is 5.82 Å². The Bertz CT molecular complexity index is 924. The van der Waals surface area contributed by atoms with E-state index in [0.717, 1.165) is 11.4 Å². The van der Waals surface area contributed by atoms with Gasteiger partial charge in [0.05, 0.1) is 5.69 Å². The number of rotatable bonds is 6. The van der Waals surface area contributed by atoms with E-state index in [1.54, 1.807) is 10.7 Å². The number of halogens is 1. The molecule has 8 nitrogen and oxygen atoms in total. The Balaban J connectivity index is 1.48. The second-order valence-corrected chi connectivity index (χ2v) is 5.91. The Labute approximate surface area is 155 Å². The van der Waals surface area contributed by atoms with E-state index < -0.39 is 0 Å². The van der Waals surface area contributed by atoms with Crippen LogP contribution in [0.25, 0.3) is 5.82 Å². The number of hydrogen-bond acceptors (Lipinski definition) is 5. The van der Waals surface area contributed by atoms with Gasteiger partial charge in [0, 0.05) is 30.5 Å². The maximum Gasteiger partial charge on any atom is 0.319 e. The zero-order chi connectivity index (χ0) is 19.2. The Morgan fingerprint density at radius 1 is 1.11 bits per heavy atom. The van der Waals surface area contributed by atoms with E-state index in [4.69, 9.17) is 0 Å². The fourth-order valence-corrected chi connectivity index (χ4v) is 2.50. The van der Waals surface area contributed by atoms with Crippen LogP contribution in [0.2, 0.25) is 0 Å². The molecule has 140 valence electrons. The third-order valence-corrected chi connectivity index (χ3v) is 3.70. The molecule has 0 bridgehead atoms. The monoisotopic (exact) mass is 369 g/mol. The zero-order valence-electron chi connectivity index (χ0n) is 15.0. The van der Waals surface area contributed by atoms with Gasteiger partial charge in [-0.1, -0.05) is 0 Å². The maximum absolute atomic E-state index is 12.8. The molecule has 0 saturated heterocycles. The Hall–Kier alpha value is -3.49. The third kappa shape index (κ3) is 5.00. The van der Waals surface area contributed by atoms with E-state index in [2.05, 4.69) is 31.0 Å². The molecule has 3 N–H and O–H groups in total. The molecule has 0 atom stereocenters. The van der Waals surface area contributed by atoms with E-state index in [1.807, 2.05) is 19.9 Å². The first-order chi connectivity index (χ1) is 13.0. The first-order valence-corrected chi connectivity index (χ1v) is 8.41. The van der Waals surface area contributed by atoms with Gasteiger partial charge < -0.3 is 16.0 Å². The highest BCUT2D eigenvalue weighted by molar-refractivity contribution is 5.89. The summed E-state index contributed by atoms with van der Waals surface area (Å²) >= 11 is 0. The van der Waals surface area contributed by atoms with Crippen LogP contribution in [0.3, 0.4) is 0 Å². The second kappa shape index (κ2) is 8.26. The van der Waals surface area contributed by atoms with Crippen molar-refractivity contribution in [2.24, 2.45) is 0 Å². The van der Waals surface area contributed by atoms with Crippen LogP contribution in [0, 0.1) is 19.7 Å². The molecule has 9 heteroatoms. The minimum absolute atomic E-state index is 0.352. The van der Waals surface area contributed by atoms with Gasteiger partial charge in [0.2, 0.25) is 0 Å². The summed E-state index contributed by atoms with van der Waals surface area (Å²) in [4.78, 5) is 20.2. The van der Waals surface area contributed by atoms with Crippen molar-refractivity contribution < 1.29 is 9.18 Å². The summed E-state index contributed by atoms with van der Waals surface area (Å²) in [5.41, 5.74) is 2.42. The summed E-state index contributed by atoms with van der Waals surface area (Å²) in [7, 11) is 0. The largest absolute Gasteiger partial charge is 0.368 e. The molecule has 0 fully saturated rings. The van der Waals surface area contributed by atoms with Crippen molar-refractivity contribution in [1.82, 2.24) is 25.1 Å². The molecule has 3 aromatic rings. The van der Waals surface area contributed by atoms with Crippen molar-refractivity contribution in [1.29, 1.82) is 0 Å². The lowest BCUT2D eigenvalue weighted by Gasteiger charge is -2.10. The minimum Gasteiger partial charge on any atom is -0.368 e. The van der Waals surface area contributed by atoms with Gasteiger partial charge in [0.15, 0.2) is 5.82 Å². The minimum atomic E-state index is -0.366. The Morgan fingerprint density at radius 3 is 2.59 bits per heavy atom. The molecule has 3 rings (SSSR count). The average molecular weight is 369 g/mol. The van der Waals surface area contributed by atoms with Crippen molar-refractivity contribution in [3.63, 3.8) is 0 Å². The molecular formula is C18H20FN7O. The molecule has 0 aliphatic carbocycles. The Kier molecular flexibility index (Phi) is 5.60. The highest BCUT2D eigenvalue weighted by atomic mass is 19.1. The predicted molar refractivity (Wildman–Crippen MR) is 101 cm³/mol. The number of urea groups is 1. The molecule has 0 aliphatic heterocycles. The van der Waals surface area contributed by atoms with Gasteiger partial charge in [-0.2, -0.15) is 5.10 Å². The first-order valence-electron chi connectivity index (χ1n) is 8.41. The van der Waals surface area contributed by atoms with E-state index in [1.165, 1.54) is 30.6 Å². The highest BCUT2D eigenvalue weighted by Gasteiger charge is 2.06. The quantitative estimate of drug-likeness (QED) is 0.581. The average Bonchev–Trinajstić information content (AvgIpc) is 2.99. The van der Waals surface area contributed by atoms with Crippen LogP contribution >= 0.6 is 0 Å². The first kappa shape index (κ1) is 18.3. The van der Waals surface area contributed by atoms with E-state index >= 15 is 0 Å². The molecule has 0 saturated carbocycles. The zero-order valence-corrected chi connectivity index (χ0v) is 15.0. The fraction of sp³-hybridized carbons (Fsp3) is 0.222. The number of amides is 2. The van der Waals surface area contributed by atoms with Crippen molar-refractivity contribution in [2.45, 2.75) is 13.8 Å². The maximum atomic E-state index is 12.8. The number of nitrogens with one attached hydrogen (secondary N) is 3. The number of aromatic nitrogens is 4. The van der Waals surface area contributed by atoms with E-state index in [9.17, 15) is 9.18 Å². The summed E-state index contributed by atoms with van der Waals surface area (Å²) < 4.78 is 14.6. The molecular weight excluding hydrogens is 349 g/mol. The topological polar surface area (TPSA) is 96.8 Å². The number of aryl methyl sites for hydroxylation is 2. The van der Waals surface area contributed by atoms with Crippen molar-refractivity contribution >= 4 is 17.5 Å². The van der Waals surface area contributed by atoms with E-state index in [-0.39, 0.29) is 11.8 Å². The summed E-state index contributed by atoms with van der Waals surface area (Å²) in [6.45, 7) is 4.74. The molecule has 0 radical (unpaired) electrons. The van der Waals surface area contributed by atoms with E-state index in [0.29, 0.717) is 30.4 Å². The van der Waals surface area contributed by atoms with Gasteiger partial charge in [0.25, 0.3) is 0 Å². The van der Waals surface area contributed by atoms with Gasteiger partial charge in [-0.05, 0) is 44.2 Å². The molecule has 2 heterocycles. The van der Waals surface area contributed by atoms with Crippen LogP contribution < -0.4 is 16.0 Å². The lowest BCUT2D eigenvalue weighted by atomic mass is 10.3. The van der Waals surface area contributed by atoms with Crippen LogP contribution in [0.1, 0.15) is 11.4 Å². The van der Waals surface area contributed by atoms with Crippen LogP contribution in [-0.2, 0) is 0 Å². The second-order valence-electron chi connectivity index (χ2n) is 5.91. The van der Waals surface area contributed by atoms with Gasteiger partial charge >= 0.3 is 6.03 Å². The van der Waals surface area contributed by atoms with Crippen molar-refractivity contribution in [3.05, 3.63) is 59.9 Å². The van der Waals surface area contributed by atoms with Gasteiger partial charge in [0.1, 0.15) is 18.0 Å². The summed E-state index contributed by atoms with van der Waals surface area (Å²) in [5.74, 6) is 0.947. The fourth-order valence-electron chi connectivity index (χ4n) is 2.50.